The monoisotopic (exact) mass is 616 g/mol. The summed E-state index contributed by atoms with van der Waals surface area (Å²) in [6.45, 7) is 0.416. The van der Waals surface area contributed by atoms with Gasteiger partial charge in [-0.15, -0.1) is 11.3 Å². The molecule has 3 aromatic heterocycles. The highest BCUT2D eigenvalue weighted by Crippen LogP contribution is 2.38. The molecule has 2 aromatic carbocycles. The predicted octanol–water partition coefficient (Wildman–Crippen LogP) is 3.54. The zero-order chi connectivity index (χ0) is 31.0. The van der Waals surface area contributed by atoms with Crippen molar-refractivity contribution in [2.75, 3.05) is 31.1 Å². The molecule has 1 amide bonds. The first-order valence-corrected chi connectivity index (χ1v) is 14.3. The average molecular weight is 617 g/mol. The van der Waals surface area contributed by atoms with Crippen molar-refractivity contribution in [1.82, 2.24) is 24.4 Å². The number of anilines is 2. The maximum Gasteiger partial charge on any atom is 0.338 e. The molecule has 44 heavy (non-hydrogen) atoms. The van der Waals surface area contributed by atoms with Gasteiger partial charge in [0.1, 0.15) is 22.3 Å². The molecule has 0 spiro atoms. The Bertz CT molecular complexity index is 2000. The number of carbonyl (C=O) groups excluding carboxylic acids is 1. The second-order valence-corrected chi connectivity index (χ2v) is 11.2. The van der Waals surface area contributed by atoms with Crippen molar-refractivity contribution < 1.29 is 13.6 Å². The summed E-state index contributed by atoms with van der Waals surface area (Å²) in [5.41, 5.74) is 3.86. The van der Waals surface area contributed by atoms with Crippen LogP contribution in [-0.4, -0.2) is 52.3 Å². The van der Waals surface area contributed by atoms with Crippen molar-refractivity contribution in [1.29, 1.82) is 0 Å². The highest BCUT2D eigenvalue weighted by Gasteiger charge is 2.26. The summed E-state index contributed by atoms with van der Waals surface area (Å²) >= 11 is 1.18. The van der Waals surface area contributed by atoms with Gasteiger partial charge in [0.15, 0.2) is 0 Å². The number of hydrogen-bond donors (Lipinski definition) is 2. The molecule has 5 aromatic rings. The van der Waals surface area contributed by atoms with Crippen LogP contribution in [-0.2, 0) is 17.9 Å². The predicted molar refractivity (Wildman–Crippen MR) is 166 cm³/mol. The van der Waals surface area contributed by atoms with Gasteiger partial charge in [-0.2, -0.15) is 10.2 Å². The fraction of sp³-hybridized carbons (Fsp3) is 0.167. The van der Waals surface area contributed by atoms with Crippen LogP contribution in [0.15, 0.2) is 75.5 Å². The van der Waals surface area contributed by atoms with Gasteiger partial charge in [-0.3, -0.25) is 14.2 Å². The normalized spacial score (nSPS) is 12.9. The molecule has 0 fully saturated rings. The number of rotatable bonds is 9. The van der Waals surface area contributed by atoms with Crippen molar-refractivity contribution in [3.63, 3.8) is 0 Å². The number of hydrazone groups is 1. The summed E-state index contributed by atoms with van der Waals surface area (Å²) in [5, 5.41) is 8.52. The zero-order valence-corrected chi connectivity index (χ0v) is 24.4. The molecule has 1 aliphatic rings. The van der Waals surface area contributed by atoms with E-state index in [9.17, 15) is 23.2 Å². The minimum atomic E-state index is -0.812. The van der Waals surface area contributed by atoms with Gasteiger partial charge in [0.25, 0.3) is 5.56 Å². The Balaban J connectivity index is 1.63. The number of carbonyl (C=O) groups is 1. The summed E-state index contributed by atoms with van der Waals surface area (Å²) in [5.74, 6) is -1.58. The van der Waals surface area contributed by atoms with Gasteiger partial charge < -0.3 is 10.2 Å². The lowest BCUT2D eigenvalue weighted by molar-refractivity contribution is -0.105. The van der Waals surface area contributed by atoms with Crippen molar-refractivity contribution in [2.45, 2.75) is 13.1 Å². The van der Waals surface area contributed by atoms with E-state index in [4.69, 9.17) is 0 Å². The molecule has 0 aliphatic carbocycles. The van der Waals surface area contributed by atoms with Gasteiger partial charge in [-0.25, -0.2) is 28.6 Å². The Hall–Kier alpha value is -5.05. The maximum absolute atomic E-state index is 14.9. The van der Waals surface area contributed by atoms with Crippen LogP contribution in [0.4, 0.5) is 20.2 Å². The number of thiophene rings is 1. The Morgan fingerprint density at radius 2 is 1.80 bits per heavy atom. The molecule has 0 saturated carbocycles. The van der Waals surface area contributed by atoms with E-state index in [2.05, 4.69) is 20.8 Å². The molecule has 0 bridgehead atoms. The van der Waals surface area contributed by atoms with Crippen molar-refractivity contribution in [3.05, 3.63) is 104 Å². The standard InChI is InChI=1S/C30H26F2N8O3S/c1-37(2)15-22-26-28(42)39(25-11-10-20(14-33-25)40-35-12-13-36-40)30(43)38(16-21-23(31)4-3-5-24(21)32)29(26)44-27(22)18-6-8-19(9-7-18)34-17-41/h3-12,14,17,36H,13,15-16H2,1-2H3,(H,34,41). The fourth-order valence-electron chi connectivity index (χ4n) is 5.02. The third kappa shape index (κ3) is 5.30. The summed E-state index contributed by atoms with van der Waals surface area (Å²) in [4.78, 5) is 46.5. The van der Waals surface area contributed by atoms with Crippen LogP contribution in [0.5, 0.6) is 0 Å². The minimum Gasteiger partial charge on any atom is -0.329 e. The van der Waals surface area contributed by atoms with Crippen LogP contribution < -0.4 is 27.1 Å². The largest absolute Gasteiger partial charge is 0.338 e. The van der Waals surface area contributed by atoms with Gasteiger partial charge in [0.05, 0.1) is 30.4 Å². The lowest BCUT2D eigenvalue weighted by Gasteiger charge is -2.16. The number of halogens is 2. The van der Waals surface area contributed by atoms with Crippen LogP contribution in [0.1, 0.15) is 11.1 Å². The number of benzene rings is 2. The molecule has 4 heterocycles. The van der Waals surface area contributed by atoms with E-state index in [1.165, 1.54) is 39.4 Å². The van der Waals surface area contributed by atoms with E-state index < -0.39 is 29.4 Å². The molecule has 6 rings (SSSR count). The van der Waals surface area contributed by atoms with Crippen LogP contribution in [0.25, 0.3) is 26.5 Å². The number of nitrogens with one attached hydrogen (secondary N) is 2. The molecule has 0 unspecified atom stereocenters. The lowest BCUT2D eigenvalue weighted by atomic mass is 10.1. The van der Waals surface area contributed by atoms with Crippen molar-refractivity contribution >= 4 is 45.6 Å². The first-order chi connectivity index (χ1) is 21.3. The first-order valence-electron chi connectivity index (χ1n) is 13.5. The molecule has 0 radical (unpaired) electrons. The summed E-state index contributed by atoms with van der Waals surface area (Å²) in [6, 6.07) is 13.7. The smallest absolute Gasteiger partial charge is 0.329 e. The van der Waals surface area contributed by atoms with E-state index >= 15 is 0 Å². The average Bonchev–Trinajstić information content (AvgIpc) is 3.67. The second-order valence-electron chi connectivity index (χ2n) is 10.2. The quantitative estimate of drug-likeness (QED) is 0.244. The number of amides is 1. The van der Waals surface area contributed by atoms with E-state index in [0.717, 1.165) is 22.3 Å². The zero-order valence-electron chi connectivity index (χ0n) is 23.6. The summed E-state index contributed by atoms with van der Waals surface area (Å²) in [7, 11) is 3.70. The topological polar surface area (TPSA) is 117 Å². The highest BCUT2D eigenvalue weighted by atomic mass is 32.1. The molecule has 2 N–H and O–H groups in total. The number of aromatic nitrogens is 3. The van der Waals surface area contributed by atoms with Crippen LogP contribution in [0.3, 0.4) is 0 Å². The van der Waals surface area contributed by atoms with Crippen molar-refractivity contribution in [3.8, 4) is 16.3 Å². The van der Waals surface area contributed by atoms with Gasteiger partial charge in [-0.05, 0) is 61.6 Å². The Morgan fingerprint density at radius 3 is 2.41 bits per heavy atom. The lowest BCUT2D eigenvalue weighted by Crippen LogP contribution is -2.39. The van der Waals surface area contributed by atoms with E-state index in [-0.39, 0.29) is 21.6 Å². The van der Waals surface area contributed by atoms with Gasteiger partial charge >= 0.3 is 5.69 Å². The molecule has 224 valence electrons. The van der Waals surface area contributed by atoms with Crippen LogP contribution in [0, 0.1) is 11.6 Å². The number of nitrogens with zero attached hydrogens (tertiary/aromatic N) is 6. The molecule has 11 nitrogen and oxygen atoms in total. The number of pyridine rings is 1. The maximum atomic E-state index is 14.9. The molecule has 0 atom stereocenters. The summed E-state index contributed by atoms with van der Waals surface area (Å²) < 4.78 is 31.9. The Kier molecular flexibility index (Phi) is 7.86. The molecular formula is C30H26F2N8O3S. The van der Waals surface area contributed by atoms with E-state index in [0.29, 0.717) is 41.3 Å². The number of fused-ring (bicyclic) bond motifs is 1. The number of hydrogen-bond acceptors (Lipinski definition) is 9. The molecule has 14 heteroatoms. The molecule has 1 aliphatic heterocycles. The Labute approximate surface area is 253 Å². The van der Waals surface area contributed by atoms with Gasteiger partial charge in [-0.1, -0.05) is 18.2 Å². The third-order valence-electron chi connectivity index (χ3n) is 7.03. The third-order valence-corrected chi connectivity index (χ3v) is 8.34. The van der Waals surface area contributed by atoms with Gasteiger partial charge in [0.2, 0.25) is 6.41 Å². The second kappa shape index (κ2) is 11.9. The SMILES string of the molecule is CN(C)Cc1c(-c2ccc(NC=O)cc2)sc2c1c(=O)n(-c1ccc(N3N=CCN3)cn1)c(=O)n2Cc1c(F)cccc1F. The Morgan fingerprint density at radius 1 is 1.05 bits per heavy atom. The first kappa shape index (κ1) is 29.0. The van der Waals surface area contributed by atoms with Gasteiger partial charge in [0, 0.05) is 28.9 Å². The molecular weight excluding hydrogens is 590 g/mol. The number of hydrazine groups is 1. The molecule has 0 saturated heterocycles. The van der Waals surface area contributed by atoms with Crippen molar-refractivity contribution in [2.24, 2.45) is 5.10 Å². The van der Waals surface area contributed by atoms with Crippen LogP contribution >= 0.6 is 11.3 Å². The van der Waals surface area contributed by atoms with Crippen LogP contribution in [0.2, 0.25) is 0 Å². The minimum absolute atomic E-state index is 0.0458. The fourth-order valence-corrected chi connectivity index (χ4v) is 6.32. The summed E-state index contributed by atoms with van der Waals surface area (Å²) in [6.07, 6.45) is 3.72. The highest BCUT2D eigenvalue weighted by molar-refractivity contribution is 7.22. The van der Waals surface area contributed by atoms with E-state index in [1.807, 2.05) is 19.0 Å². The van der Waals surface area contributed by atoms with E-state index in [1.54, 1.807) is 36.5 Å².